The molecule has 168 valence electrons. The van der Waals surface area contributed by atoms with Crippen LogP contribution < -0.4 is 11.1 Å². The minimum Gasteiger partial charge on any atom is -0.398 e. The number of aromatic nitrogens is 1. The van der Waals surface area contributed by atoms with Gasteiger partial charge in [-0.15, -0.1) is 0 Å². The first-order valence-corrected chi connectivity index (χ1v) is 9.30. The second-order valence-corrected chi connectivity index (χ2v) is 7.05. The number of carbonyl (C=O) groups is 1. The number of nitrogens with one attached hydrogen (secondary N) is 1. The van der Waals surface area contributed by atoms with Gasteiger partial charge in [0, 0.05) is 23.9 Å². The Balaban J connectivity index is 1.93. The average molecular weight is 472 g/mol. The van der Waals surface area contributed by atoms with Crippen molar-refractivity contribution in [1.82, 2.24) is 4.98 Å². The molecule has 0 unspecified atom stereocenters. The Morgan fingerprint density at radius 2 is 1.88 bits per heavy atom. The fourth-order valence-corrected chi connectivity index (χ4v) is 3.21. The Morgan fingerprint density at radius 3 is 2.50 bits per heavy atom. The third kappa shape index (κ3) is 4.97. The lowest BCUT2D eigenvalue weighted by atomic mass is 10.0. The minimum absolute atomic E-state index is 0.0425. The molecule has 0 radical (unpaired) electrons. The largest absolute Gasteiger partial charge is 0.418 e. The maximum absolute atomic E-state index is 14.7. The summed E-state index contributed by atoms with van der Waals surface area (Å²) in [6.45, 7) is -0.381. The average Bonchev–Trinajstić information content (AvgIpc) is 2.70. The van der Waals surface area contributed by atoms with Crippen LogP contribution in [0.4, 0.5) is 33.3 Å². The van der Waals surface area contributed by atoms with E-state index in [-0.39, 0.29) is 45.4 Å². The van der Waals surface area contributed by atoms with Crippen molar-refractivity contribution in [1.29, 1.82) is 0 Å². The first-order valence-electron chi connectivity index (χ1n) is 8.92. The van der Waals surface area contributed by atoms with Crippen LogP contribution in [0.1, 0.15) is 21.6 Å². The molecule has 1 aromatic heterocycles. The van der Waals surface area contributed by atoms with E-state index in [1.54, 1.807) is 0 Å². The summed E-state index contributed by atoms with van der Waals surface area (Å²) in [6.07, 6.45) is -3.72. The molecule has 5 nitrogen and oxygen atoms in total. The van der Waals surface area contributed by atoms with E-state index in [1.807, 2.05) is 0 Å². The van der Waals surface area contributed by atoms with Crippen molar-refractivity contribution in [2.45, 2.75) is 12.8 Å². The highest BCUT2D eigenvalue weighted by molar-refractivity contribution is 6.34. The summed E-state index contributed by atoms with van der Waals surface area (Å²) in [5.41, 5.74) is 3.71. The second kappa shape index (κ2) is 9.09. The molecule has 11 heteroatoms. The molecule has 3 N–H and O–H groups in total. The zero-order valence-electron chi connectivity index (χ0n) is 16.4. The molecule has 3 aromatic rings. The molecule has 0 aliphatic rings. The number of methoxy groups -OCH3 is 1. The van der Waals surface area contributed by atoms with Crippen molar-refractivity contribution in [2.24, 2.45) is 0 Å². The van der Waals surface area contributed by atoms with Gasteiger partial charge < -0.3 is 15.8 Å². The Kier molecular flexibility index (Phi) is 6.65. The van der Waals surface area contributed by atoms with Crippen molar-refractivity contribution < 1.29 is 31.5 Å². The van der Waals surface area contributed by atoms with Crippen molar-refractivity contribution in [3.8, 4) is 11.1 Å². The van der Waals surface area contributed by atoms with E-state index in [1.165, 1.54) is 13.2 Å². The summed E-state index contributed by atoms with van der Waals surface area (Å²) < 4.78 is 72.5. The third-order valence-electron chi connectivity index (χ3n) is 4.42. The molecule has 1 heterocycles. The van der Waals surface area contributed by atoms with E-state index < -0.39 is 29.3 Å². The Hall–Kier alpha value is -3.24. The number of amides is 1. The molecule has 0 spiro atoms. The molecule has 2 aromatic carbocycles. The van der Waals surface area contributed by atoms with Crippen LogP contribution in [-0.4, -0.2) is 18.0 Å². The number of ether oxygens (including phenoxy) is 1. The number of nitrogen functional groups attached to an aromatic ring is 1. The van der Waals surface area contributed by atoms with Gasteiger partial charge in [-0.1, -0.05) is 11.6 Å². The smallest absolute Gasteiger partial charge is 0.398 e. The van der Waals surface area contributed by atoms with Gasteiger partial charge in [-0.25, -0.2) is 8.78 Å². The lowest BCUT2D eigenvalue weighted by Gasteiger charge is -2.14. The van der Waals surface area contributed by atoms with Crippen molar-refractivity contribution >= 4 is 28.9 Å². The van der Waals surface area contributed by atoms with Crippen molar-refractivity contribution in [2.75, 3.05) is 18.2 Å². The Bertz CT molecular complexity index is 1180. The van der Waals surface area contributed by atoms with E-state index in [0.717, 1.165) is 30.5 Å². The highest BCUT2D eigenvalue weighted by atomic mass is 35.5. The molecule has 0 fully saturated rings. The van der Waals surface area contributed by atoms with Gasteiger partial charge >= 0.3 is 6.18 Å². The van der Waals surface area contributed by atoms with Crippen LogP contribution in [0, 0.1) is 11.6 Å². The van der Waals surface area contributed by atoms with Crippen LogP contribution in [-0.2, 0) is 17.5 Å². The SMILES string of the molecule is COCc1ncc(NC(=O)c2cc(F)c(-c3ccc(F)cc3N)cc2Cl)cc1C(F)(F)F. The van der Waals surface area contributed by atoms with E-state index in [9.17, 15) is 26.7 Å². The summed E-state index contributed by atoms with van der Waals surface area (Å²) in [5, 5.41) is 2.03. The summed E-state index contributed by atoms with van der Waals surface area (Å²) in [6, 6.07) is 5.96. The number of pyridine rings is 1. The Labute approximate surface area is 184 Å². The van der Waals surface area contributed by atoms with Gasteiger partial charge in [-0.05, 0) is 36.4 Å². The summed E-state index contributed by atoms with van der Waals surface area (Å²) in [5.74, 6) is -2.46. The highest BCUT2D eigenvalue weighted by Gasteiger charge is 2.34. The van der Waals surface area contributed by atoms with Gasteiger partial charge in [0.2, 0.25) is 0 Å². The molecule has 1 amide bonds. The quantitative estimate of drug-likeness (QED) is 0.371. The zero-order chi connectivity index (χ0) is 23.6. The lowest BCUT2D eigenvalue weighted by Crippen LogP contribution is -2.16. The molecule has 32 heavy (non-hydrogen) atoms. The number of nitrogens with two attached hydrogens (primary N) is 1. The molecule has 3 rings (SSSR count). The van der Waals surface area contributed by atoms with Crippen LogP contribution in [0.15, 0.2) is 42.6 Å². The first-order chi connectivity index (χ1) is 15.0. The molecule has 0 saturated carbocycles. The minimum atomic E-state index is -4.73. The molecule has 0 aliphatic heterocycles. The van der Waals surface area contributed by atoms with Crippen LogP contribution in [0.25, 0.3) is 11.1 Å². The number of halogens is 6. The van der Waals surface area contributed by atoms with E-state index in [2.05, 4.69) is 10.3 Å². The predicted molar refractivity (Wildman–Crippen MR) is 109 cm³/mol. The van der Waals surface area contributed by atoms with Crippen LogP contribution in [0.3, 0.4) is 0 Å². The molecule has 0 aliphatic carbocycles. The lowest BCUT2D eigenvalue weighted by molar-refractivity contribution is -0.139. The fourth-order valence-electron chi connectivity index (χ4n) is 2.96. The van der Waals surface area contributed by atoms with Crippen LogP contribution >= 0.6 is 11.6 Å². The second-order valence-electron chi connectivity index (χ2n) is 6.65. The van der Waals surface area contributed by atoms with Gasteiger partial charge in [0.05, 0.1) is 40.3 Å². The summed E-state index contributed by atoms with van der Waals surface area (Å²) in [4.78, 5) is 16.2. The topological polar surface area (TPSA) is 77.2 Å². The van der Waals surface area contributed by atoms with E-state index in [0.29, 0.717) is 6.07 Å². The number of hydrogen-bond acceptors (Lipinski definition) is 4. The third-order valence-corrected chi connectivity index (χ3v) is 4.73. The maximum Gasteiger partial charge on any atom is 0.418 e. The number of alkyl halides is 3. The van der Waals surface area contributed by atoms with Gasteiger partial charge in [-0.3, -0.25) is 9.78 Å². The molecule has 0 bridgehead atoms. The number of benzene rings is 2. The Morgan fingerprint density at radius 1 is 1.16 bits per heavy atom. The monoisotopic (exact) mass is 471 g/mol. The number of anilines is 2. The normalized spacial score (nSPS) is 11.5. The van der Waals surface area contributed by atoms with Gasteiger partial charge in [-0.2, -0.15) is 13.2 Å². The fraction of sp³-hybridized carbons (Fsp3) is 0.143. The van der Waals surface area contributed by atoms with Gasteiger partial charge in [0.25, 0.3) is 5.91 Å². The van der Waals surface area contributed by atoms with Gasteiger partial charge in [0.15, 0.2) is 0 Å². The summed E-state index contributed by atoms with van der Waals surface area (Å²) in [7, 11) is 1.22. The maximum atomic E-state index is 14.7. The number of carbonyl (C=O) groups excluding carboxylic acids is 1. The molecule has 0 atom stereocenters. The first kappa shape index (κ1) is 23.4. The summed E-state index contributed by atoms with van der Waals surface area (Å²) >= 11 is 6.11. The molecular formula is C21H15ClF5N3O2. The number of hydrogen-bond donors (Lipinski definition) is 2. The predicted octanol–water partition coefficient (Wildman–Crippen LogP) is 5.68. The number of nitrogens with zero attached hydrogens (tertiary/aromatic N) is 1. The molecule has 0 saturated heterocycles. The zero-order valence-corrected chi connectivity index (χ0v) is 17.1. The highest BCUT2D eigenvalue weighted by Crippen LogP contribution is 2.35. The van der Waals surface area contributed by atoms with Crippen molar-refractivity contribution in [3.63, 3.8) is 0 Å². The van der Waals surface area contributed by atoms with Crippen LogP contribution in [0.5, 0.6) is 0 Å². The van der Waals surface area contributed by atoms with E-state index >= 15 is 0 Å². The van der Waals surface area contributed by atoms with Crippen molar-refractivity contribution in [3.05, 3.63) is 76.1 Å². The molecular weight excluding hydrogens is 457 g/mol. The number of rotatable bonds is 5. The van der Waals surface area contributed by atoms with E-state index in [4.69, 9.17) is 22.1 Å². The van der Waals surface area contributed by atoms with Gasteiger partial charge in [0.1, 0.15) is 11.6 Å². The van der Waals surface area contributed by atoms with Crippen LogP contribution in [0.2, 0.25) is 5.02 Å². The standard InChI is InChI=1S/C21H15ClF5N3O2/c1-32-9-19-15(21(25,26)27)5-11(8-29-19)30-20(31)14-7-17(24)13(6-16(14)22)12-3-2-10(23)4-18(12)28/h2-8H,9,28H2,1H3,(H,30,31).